The van der Waals surface area contributed by atoms with Crippen LogP contribution >= 0.6 is 0 Å². The molecule has 1 aliphatic rings. The number of carbonyl (C=O) groups is 1. The van der Waals surface area contributed by atoms with Crippen LogP contribution in [0.15, 0.2) is 41.3 Å². The van der Waals surface area contributed by atoms with Crippen LogP contribution < -0.4 is 5.43 Å². The summed E-state index contributed by atoms with van der Waals surface area (Å²) in [5.41, 5.74) is 0.950. The van der Waals surface area contributed by atoms with Crippen LogP contribution in [0.4, 0.5) is 4.39 Å². The molecule has 2 N–H and O–H groups in total. The molecule has 1 aromatic carbocycles. The van der Waals surface area contributed by atoms with Crippen molar-refractivity contribution in [1.29, 1.82) is 0 Å². The van der Waals surface area contributed by atoms with E-state index in [2.05, 4.69) is 4.98 Å². The van der Waals surface area contributed by atoms with Crippen molar-refractivity contribution in [2.45, 2.75) is 31.9 Å². The zero-order valence-corrected chi connectivity index (χ0v) is 13.3. The number of pyridine rings is 1. The summed E-state index contributed by atoms with van der Waals surface area (Å²) in [7, 11) is 0. The molecule has 5 nitrogen and oxygen atoms in total. The fourth-order valence-corrected chi connectivity index (χ4v) is 2.66. The molecule has 1 atom stereocenters. The molecule has 1 aromatic heterocycles. The van der Waals surface area contributed by atoms with Crippen molar-refractivity contribution in [2.24, 2.45) is 0 Å². The first-order valence-electron chi connectivity index (χ1n) is 7.89. The number of aryl methyl sites for hydroxylation is 1. The third kappa shape index (κ3) is 3.54. The summed E-state index contributed by atoms with van der Waals surface area (Å²) in [6.45, 7) is 1.81. The van der Waals surface area contributed by atoms with Gasteiger partial charge in [0, 0.05) is 24.0 Å². The van der Waals surface area contributed by atoms with Gasteiger partial charge in [0.15, 0.2) is 5.43 Å². The Balaban J connectivity index is 1.81. The molecule has 1 saturated carbocycles. The van der Waals surface area contributed by atoms with Gasteiger partial charge in [-0.25, -0.2) is 4.39 Å². The van der Waals surface area contributed by atoms with Crippen molar-refractivity contribution in [2.75, 3.05) is 6.54 Å². The highest BCUT2D eigenvalue weighted by Gasteiger charge is 2.35. The number of nitrogens with zero attached hydrogens (tertiary/aromatic N) is 1. The van der Waals surface area contributed by atoms with Crippen LogP contribution in [0.25, 0.3) is 0 Å². The van der Waals surface area contributed by atoms with E-state index in [1.807, 2.05) is 0 Å². The van der Waals surface area contributed by atoms with Crippen molar-refractivity contribution in [1.82, 2.24) is 9.88 Å². The van der Waals surface area contributed by atoms with E-state index in [0.717, 1.165) is 12.8 Å². The van der Waals surface area contributed by atoms with Crippen LogP contribution in [0.3, 0.4) is 0 Å². The normalized spacial score (nSPS) is 15.1. The molecule has 24 heavy (non-hydrogen) atoms. The maximum atomic E-state index is 13.0. The number of rotatable bonds is 5. The summed E-state index contributed by atoms with van der Waals surface area (Å²) in [5.74, 6) is -0.771. The lowest BCUT2D eigenvalue weighted by Crippen LogP contribution is -2.39. The second-order valence-electron chi connectivity index (χ2n) is 6.15. The largest absolute Gasteiger partial charge is 0.387 e. The molecule has 1 aliphatic carbocycles. The van der Waals surface area contributed by atoms with E-state index in [-0.39, 0.29) is 35.3 Å². The van der Waals surface area contributed by atoms with E-state index in [0.29, 0.717) is 11.3 Å². The Hall–Kier alpha value is -2.47. The fourth-order valence-electron chi connectivity index (χ4n) is 2.66. The van der Waals surface area contributed by atoms with Gasteiger partial charge in [-0.1, -0.05) is 12.1 Å². The van der Waals surface area contributed by atoms with Crippen molar-refractivity contribution in [3.63, 3.8) is 0 Å². The number of halogens is 1. The van der Waals surface area contributed by atoms with Crippen molar-refractivity contribution in [3.05, 3.63) is 69.4 Å². The lowest BCUT2D eigenvalue weighted by Gasteiger charge is -2.25. The smallest absolute Gasteiger partial charge is 0.259 e. The van der Waals surface area contributed by atoms with Crippen molar-refractivity contribution >= 4 is 5.91 Å². The number of H-pyrrole nitrogens is 1. The van der Waals surface area contributed by atoms with Gasteiger partial charge in [0.2, 0.25) is 0 Å². The number of benzene rings is 1. The van der Waals surface area contributed by atoms with E-state index >= 15 is 0 Å². The molecular formula is C18H19FN2O3. The summed E-state index contributed by atoms with van der Waals surface area (Å²) in [5, 5.41) is 10.4. The van der Waals surface area contributed by atoms with Crippen LogP contribution in [0.5, 0.6) is 0 Å². The highest BCUT2D eigenvalue weighted by atomic mass is 19.1. The number of hydrogen-bond donors (Lipinski definition) is 2. The third-order valence-corrected chi connectivity index (χ3v) is 4.16. The molecular weight excluding hydrogens is 311 g/mol. The number of amides is 1. The molecule has 0 aliphatic heterocycles. The standard InChI is InChI=1S/C18H19FN2O3/c1-11-8-16(22)15(9-20-11)18(24)21(14-6-7-14)10-17(23)12-2-4-13(19)5-3-12/h2-5,8-9,14,17,23H,6-7,10H2,1H3,(H,20,22). The summed E-state index contributed by atoms with van der Waals surface area (Å²) in [6, 6.07) is 6.95. The van der Waals surface area contributed by atoms with Crippen molar-refractivity contribution < 1.29 is 14.3 Å². The quantitative estimate of drug-likeness (QED) is 0.882. The summed E-state index contributed by atoms with van der Waals surface area (Å²) in [4.78, 5) is 29.2. The number of nitrogens with one attached hydrogen (secondary N) is 1. The summed E-state index contributed by atoms with van der Waals surface area (Å²) < 4.78 is 13.0. The van der Waals surface area contributed by atoms with Crippen LogP contribution in [-0.2, 0) is 0 Å². The third-order valence-electron chi connectivity index (χ3n) is 4.16. The summed E-state index contributed by atoms with van der Waals surface area (Å²) in [6.07, 6.45) is 2.19. The number of aliphatic hydroxyl groups excluding tert-OH is 1. The van der Waals surface area contributed by atoms with Gasteiger partial charge in [-0.2, -0.15) is 0 Å². The molecule has 2 aromatic rings. The Labute approximate surface area is 138 Å². The van der Waals surface area contributed by atoms with E-state index in [1.165, 1.54) is 41.4 Å². The molecule has 126 valence electrons. The van der Waals surface area contributed by atoms with Crippen LogP contribution in [0, 0.1) is 12.7 Å². The Bertz CT molecular complexity index is 797. The first-order valence-corrected chi connectivity index (χ1v) is 7.89. The van der Waals surface area contributed by atoms with E-state index < -0.39 is 6.10 Å². The predicted molar refractivity (Wildman–Crippen MR) is 87.2 cm³/mol. The average Bonchev–Trinajstić information content (AvgIpc) is 3.37. The van der Waals surface area contributed by atoms with E-state index in [4.69, 9.17) is 0 Å². The molecule has 1 amide bonds. The first-order chi connectivity index (χ1) is 11.5. The van der Waals surface area contributed by atoms with Gasteiger partial charge in [0.1, 0.15) is 11.4 Å². The van der Waals surface area contributed by atoms with Gasteiger partial charge < -0.3 is 15.0 Å². The van der Waals surface area contributed by atoms with Crippen LogP contribution in [-0.4, -0.2) is 33.5 Å². The topological polar surface area (TPSA) is 73.4 Å². The Morgan fingerprint density at radius 3 is 2.62 bits per heavy atom. The fraction of sp³-hybridized carbons (Fsp3) is 0.333. The zero-order valence-electron chi connectivity index (χ0n) is 13.3. The van der Waals surface area contributed by atoms with E-state index in [9.17, 15) is 19.1 Å². The molecule has 0 spiro atoms. The lowest BCUT2D eigenvalue weighted by atomic mass is 10.1. The molecule has 3 rings (SSSR count). The summed E-state index contributed by atoms with van der Waals surface area (Å²) >= 11 is 0. The maximum absolute atomic E-state index is 13.0. The number of aliphatic hydroxyl groups is 1. The SMILES string of the molecule is Cc1cc(=O)c(C(=O)N(CC(O)c2ccc(F)cc2)C2CC2)c[nH]1. The molecule has 1 unspecified atom stereocenters. The Morgan fingerprint density at radius 2 is 2.04 bits per heavy atom. The minimum Gasteiger partial charge on any atom is -0.387 e. The zero-order chi connectivity index (χ0) is 17.3. The highest BCUT2D eigenvalue weighted by Crippen LogP contribution is 2.30. The van der Waals surface area contributed by atoms with Gasteiger partial charge in [-0.3, -0.25) is 9.59 Å². The lowest BCUT2D eigenvalue weighted by molar-refractivity contribution is 0.0601. The highest BCUT2D eigenvalue weighted by molar-refractivity contribution is 5.94. The number of aromatic nitrogens is 1. The van der Waals surface area contributed by atoms with Gasteiger partial charge in [-0.05, 0) is 37.5 Å². The second kappa shape index (κ2) is 6.57. The van der Waals surface area contributed by atoms with Gasteiger partial charge in [0.05, 0.1) is 12.6 Å². The molecule has 0 bridgehead atoms. The molecule has 0 radical (unpaired) electrons. The minimum absolute atomic E-state index is 0.0355. The molecule has 0 saturated heterocycles. The van der Waals surface area contributed by atoms with Gasteiger partial charge >= 0.3 is 0 Å². The maximum Gasteiger partial charge on any atom is 0.259 e. The number of carbonyl (C=O) groups excluding carboxylic acids is 1. The van der Waals surface area contributed by atoms with Gasteiger partial charge in [0.25, 0.3) is 5.91 Å². The first kappa shape index (κ1) is 16.4. The molecule has 1 heterocycles. The number of aromatic amines is 1. The Morgan fingerprint density at radius 1 is 1.38 bits per heavy atom. The number of hydrogen-bond acceptors (Lipinski definition) is 3. The second-order valence-corrected chi connectivity index (χ2v) is 6.15. The minimum atomic E-state index is -0.931. The average molecular weight is 330 g/mol. The van der Waals surface area contributed by atoms with Crippen LogP contribution in [0.2, 0.25) is 0 Å². The van der Waals surface area contributed by atoms with Crippen molar-refractivity contribution in [3.8, 4) is 0 Å². The molecule has 6 heteroatoms. The monoisotopic (exact) mass is 330 g/mol. The van der Waals surface area contributed by atoms with Crippen LogP contribution in [0.1, 0.15) is 40.6 Å². The predicted octanol–water partition coefficient (Wildman–Crippen LogP) is 2.16. The van der Waals surface area contributed by atoms with Gasteiger partial charge in [-0.15, -0.1) is 0 Å². The van der Waals surface area contributed by atoms with E-state index in [1.54, 1.807) is 6.92 Å². The Kier molecular flexibility index (Phi) is 4.49. The molecule has 1 fully saturated rings.